The van der Waals surface area contributed by atoms with Crippen molar-refractivity contribution in [2.75, 3.05) is 0 Å². The van der Waals surface area contributed by atoms with Crippen molar-refractivity contribution in [1.82, 2.24) is 10.3 Å². The first-order valence-corrected chi connectivity index (χ1v) is 8.90. The Labute approximate surface area is 144 Å². The number of benzene rings is 1. The number of aromatic nitrogens is 1. The zero-order valence-corrected chi connectivity index (χ0v) is 15.1. The molecule has 0 saturated heterocycles. The SMILES string of the molecule is Cc1ccc2[nH]cc([C@@H]3CCCC[C@@H]3NC(=O)OC(C)(C)C)c2c1. The molecule has 1 aliphatic carbocycles. The van der Waals surface area contributed by atoms with Crippen LogP contribution in [0.2, 0.25) is 0 Å². The highest BCUT2D eigenvalue weighted by molar-refractivity contribution is 5.84. The summed E-state index contributed by atoms with van der Waals surface area (Å²) < 4.78 is 5.45. The molecule has 1 aliphatic rings. The highest BCUT2D eigenvalue weighted by Crippen LogP contribution is 2.37. The summed E-state index contributed by atoms with van der Waals surface area (Å²) in [6.45, 7) is 7.81. The minimum atomic E-state index is -0.466. The quantitative estimate of drug-likeness (QED) is 0.812. The number of hydrogen-bond acceptors (Lipinski definition) is 2. The molecule has 0 bridgehead atoms. The number of fused-ring (bicyclic) bond motifs is 1. The van der Waals surface area contributed by atoms with Crippen molar-refractivity contribution in [3.8, 4) is 0 Å². The molecule has 1 fully saturated rings. The molecule has 2 N–H and O–H groups in total. The van der Waals surface area contributed by atoms with Crippen LogP contribution in [0.15, 0.2) is 24.4 Å². The van der Waals surface area contributed by atoms with Gasteiger partial charge < -0.3 is 15.0 Å². The smallest absolute Gasteiger partial charge is 0.407 e. The molecule has 0 aliphatic heterocycles. The zero-order valence-electron chi connectivity index (χ0n) is 15.1. The zero-order chi connectivity index (χ0) is 17.3. The van der Waals surface area contributed by atoms with E-state index in [-0.39, 0.29) is 12.1 Å². The number of rotatable bonds is 2. The minimum absolute atomic E-state index is 0.133. The Kier molecular flexibility index (Phi) is 4.57. The second-order valence-electron chi connectivity index (χ2n) is 7.94. The van der Waals surface area contributed by atoms with Crippen molar-refractivity contribution in [2.24, 2.45) is 0 Å². The number of aryl methyl sites for hydroxylation is 1. The van der Waals surface area contributed by atoms with Gasteiger partial charge in [0.25, 0.3) is 0 Å². The monoisotopic (exact) mass is 328 g/mol. The number of H-pyrrole nitrogens is 1. The largest absolute Gasteiger partial charge is 0.444 e. The molecule has 2 atom stereocenters. The van der Waals surface area contributed by atoms with E-state index in [0.717, 1.165) is 24.8 Å². The lowest BCUT2D eigenvalue weighted by Gasteiger charge is -2.33. The second-order valence-corrected chi connectivity index (χ2v) is 7.94. The molecular formula is C20H28N2O2. The fourth-order valence-corrected chi connectivity index (χ4v) is 3.70. The molecule has 24 heavy (non-hydrogen) atoms. The van der Waals surface area contributed by atoms with Gasteiger partial charge in [0.1, 0.15) is 5.60 Å². The number of ether oxygens (including phenoxy) is 1. The number of carbonyl (C=O) groups is 1. The van der Waals surface area contributed by atoms with Crippen molar-refractivity contribution in [3.05, 3.63) is 35.5 Å². The molecule has 2 aromatic rings. The van der Waals surface area contributed by atoms with Gasteiger partial charge in [-0.1, -0.05) is 24.5 Å². The minimum Gasteiger partial charge on any atom is -0.444 e. The standard InChI is InChI=1S/C20H28N2O2/c1-13-9-10-17-15(11-13)16(12-21-17)14-7-5-6-8-18(14)22-19(23)24-20(2,3)4/h9-12,14,18,21H,5-8H2,1-4H3,(H,22,23)/t14-,18-/m0/s1. The lowest BCUT2D eigenvalue weighted by molar-refractivity contribution is 0.0485. The highest BCUT2D eigenvalue weighted by atomic mass is 16.6. The van der Waals surface area contributed by atoms with Crippen LogP contribution in [0.1, 0.15) is 63.5 Å². The first-order valence-electron chi connectivity index (χ1n) is 8.90. The average molecular weight is 328 g/mol. The van der Waals surface area contributed by atoms with Crippen LogP contribution in [0, 0.1) is 6.92 Å². The van der Waals surface area contributed by atoms with Gasteiger partial charge in [-0.2, -0.15) is 0 Å². The van der Waals surface area contributed by atoms with Crippen LogP contribution in [0.25, 0.3) is 10.9 Å². The molecule has 1 saturated carbocycles. The first kappa shape index (κ1) is 16.9. The van der Waals surface area contributed by atoms with Gasteiger partial charge in [-0.3, -0.25) is 0 Å². The summed E-state index contributed by atoms with van der Waals surface area (Å²) in [5.41, 5.74) is 3.27. The highest BCUT2D eigenvalue weighted by Gasteiger charge is 2.30. The van der Waals surface area contributed by atoms with Gasteiger partial charge in [0.15, 0.2) is 0 Å². The average Bonchev–Trinajstić information content (AvgIpc) is 2.88. The number of carbonyl (C=O) groups excluding carboxylic acids is 1. The predicted molar refractivity (Wildman–Crippen MR) is 97.4 cm³/mol. The van der Waals surface area contributed by atoms with E-state index in [2.05, 4.69) is 41.6 Å². The van der Waals surface area contributed by atoms with Gasteiger partial charge in [-0.05, 0) is 58.2 Å². The van der Waals surface area contributed by atoms with Crippen molar-refractivity contribution in [1.29, 1.82) is 0 Å². The molecule has 1 aromatic carbocycles. The third-order valence-corrected chi connectivity index (χ3v) is 4.74. The molecule has 130 valence electrons. The van der Waals surface area contributed by atoms with Gasteiger partial charge in [-0.25, -0.2) is 4.79 Å². The summed E-state index contributed by atoms with van der Waals surface area (Å²) >= 11 is 0. The van der Waals surface area contributed by atoms with Crippen LogP contribution in [0.5, 0.6) is 0 Å². The van der Waals surface area contributed by atoms with E-state index in [4.69, 9.17) is 4.74 Å². The number of amides is 1. The fourth-order valence-electron chi connectivity index (χ4n) is 3.70. The number of hydrogen-bond donors (Lipinski definition) is 2. The van der Waals surface area contributed by atoms with Crippen LogP contribution < -0.4 is 5.32 Å². The maximum absolute atomic E-state index is 12.2. The Morgan fingerprint density at radius 3 is 2.75 bits per heavy atom. The van der Waals surface area contributed by atoms with Gasteiger partial charge >= 0.3 is 6.09 Å². The molecule has 0 radical (unpaired) electrons. The number of aromatic amines is 1. The Balaban J connectivity index is 1.83. The normalized spacial score (nSPS) is 21.7. The predicted octanol–water partition coefficient (Wildman–Crippen LogP) is 5.03. The van der Waals surface area contributed by atoms with Gasteiger partial charge in [0, 0.05) is 29.1 Å². The third-order valence-electron chi connectivity index (χ3n) is 4.74. The van der Waals surface area contributed by atoms with Crippen molar-refractivity contribution in [3.63, 3.8) is 0 Å². The molecule has 4 nitrogen and oxygen atoms in total. The second kappa shape index (κ2) is 6.50. The Morgan fingerprint density at radius 2 is 2.00 bits per heavy atom. The summed E-state index contributed by atoms with van der Waals surface area (Å²) in [5.74, 6) is 0.335. The van der Waals surface area contributed by atoms with E-state index in [9.17, 15) is 4.79 Å². The molecule has 4 heteroatoms. The van der Waals surface area contributed by atoms with Gasteiger partial charge in [-0.15, -0.1) is 0 Å². The molecule has 3 rings (SSSR count). The van der Waals surface area contributed by atoms with Crippen LogP contribution >= 0.6 is 0 Å². The van der Waals surface area contributed by atoms with E-state index in [0.29, 0.717) is 5.92 Å². The van der Waals surface area contributed by atoms with Gasteiger partial charge in [0.2, 0.25) is 0 Å². The maximum atomic E-state index is 12.2. The summed E-state index contributed by atoms with van der Waals surface area (Å²) in [6, 6.07) is 6.63. The molecule has 0 unspecified atom stereocenters. The Bertz CT molecular complexity index is 727. The van der Waals surface area contributed by atoms with E-state index in [1.54, 1.807) is 0 Å². The van der Waals surface area contributed by atoms with Crippen molar-refractivity contribution in [2.45, 2.75) is 70.9 Å². The van der Waals surface area contributed by atoms with E-state index in [1.165, 1.54) is 22.9 Å². The Hall–Kier alpha value is -1.97. The molecule has 1 aromatic heterocycles. The molecule has 1 amide bonds. The van der Waals surface area contributed by atoms with Crippen LogP contribution in [0.3, 0.4) is 0 Å². The fraction of sp³-hybridized carbons (Fsp3) is 0.550. The lowest BCUT2D eigenvalue weighted by atomic mass is 9.80. The van der Waals surface area contributed by atoms with Crippen LogP contribution in [0.4, 0.5) is 4.79 Å². The summed E-state index contributed by atoms with van der Waals surface area (Å²) in [4.78, 5) is 15.6. The van der Waals surface area contributed by atoms with Crippen LogP contribution in [-0.4, -0.2) is 22.7 Å². The van der Waals surface area contributed by atoms with Gasteiger partial charge in [0.05, 0.1) is 0 Å². The van der Waals surface area contributed by atoms with Crippen molar-refractivity contribution < 1.29 is 9.53 Å². The summed E-state index contributed by atoms with van der Waals surface area (Å²) in [7, 11) is 0. The molecule has 1 heterocycles. The van der Waals surface area contributed by atoms with E-state index >= 15 is 0 Å². The third kappa shape index (κ3) is 3.74. The van der Waals surface area contributed by atoms with Crippen LogP contribution in [-0.2, 0) is 4.74 Å². The summed E-state index contributed by atoms with van der Waals surface area (Å²) in [5, 5.41) is 4.39. The molecule has 0 spiro atoms. The van der Waals surface area contributed by atoms with E-state index < -0.39 is 5.60 Å². The number of nitrogens with one attached hydrogen (secondary N) is 2. The maximum Gasteiger partial charge on any atom is 0.407 e. The number of alkyl carbamates (subject to hydrolysis) is 1. The Morgan fingerprint density at radius 1 is 1.25 bits per heavy atom. The van der Waals surface area contributed by atoms with E-state index in [1.807, 2.05) is 20.8 Å². The topological polar surface area (TPSA) is 54.1 Å². The lowest BCUT2D eigenvalue weighted by Crippen LogP contribution is -2.43. The first-order chi connectivity index (χ1) is 11.3. The molecular weight excluding hydrogens is 300 g/mol. The van der Waals surface area contributed by atoms with Crippen molar-refractivity contribution >= 4 is 17.0 Å². The summed E-state index contributed by atoms with van der Waals surface area (Å²) in [6.07, 6.45) is 6.26.